The quantitative estimate of drug-likeness (QED) is 0.858. The zero-order valence-corrected chi connectivity index (χ0v) is 12.6. The number of rotatable bonds is 6. The van der Waals surface area contributed by atoms with E-state index in [1.807, 2.05) is 11.7 Å². The predicted octanol–water partition coefficient (Wildman–Crippen LogP) is 4.16. The maximum Gasteiger partial charge on any atom is 0.0795 e. The summed E-state index contributed by atoms with van der Waals surface area (Å²) in [4.78, 5) is 7.72. The lowest BCUT2D eigenvalue weighted by Gasteiger charge is -2.21. The van der Waals surface area contributed by atoms with Crippen molar-refractivity contribution >= 4 is 22.7 Å². The van der Waals surface area contributed by atoms with Gasteiger partial charge in [-0.1, -0.05) is 0 Å². The molecule has 2 rings (SSSR count). The molecule has 0 fully saturated rings. The summed E-state index contributed by atoms with van der Waals surface area (Å²) < 4.78 is 0. The summed E-state index contributed by atoms with van der Waals surface area (Å²) in [7, 11) is 0. The molecule has 0 bridgehead atoms. The third kappa shape index (κ3) is 3.47. The van der Waals surface area contributed by atoms with Crippen molar-refractivity contribution in [1.82, 2.24) is 4.98 Å². The smallest absolute Gasteiger partial charge is 0.0795 e. The van der Waals surface area contributed by atoms with Crippen LogP contribution in [0.3, 0.4) is 0 Å². The molecular formula is C15H21N3S. The Morgan fingerprint density at radius 1 is 1.21 bits per heavy atom. The third-order valence-corrected chi connectivity index (χ3v) is 4.22. The molecule has 1 N–H and O–H groups in total. The largest absolute Gasteiger partial charge is 0.378 e. The van der Waals surface area contributed by atoms with E-state index < -0.39 is 0 Å². The van der Waals surface area contributed by atoms with Crippen molar-refractivity contribution in [3.05, 3.63) is 40.8 Å². The van der Waals surface area contributed by atoms with Crippen LogP contribution in [0.15, 0.2) is 36.0 Å². The van der Waals surface area contributed by atoms with Gasteiger partial charge in [0.2, 0.25) is 0 Å². The van der Waals surface area contributed by atoms with Crippen molar-refractivity contribution in [3.8, 4) is 0 Å². The molecule has 1 unspecified atom stereocenters. The molecule has 1 atom stereocenters. The van der Waals surface area contributed by atoms with Crippen molar-refractivity contribution < 1.29 is 0 Å². The number of thiazole rings is 1. The summed E-state index contributed by atoms with van der Waals surface area (Å²) in [5, 5.41) is 3.50. The van der Waals surface area contributed by atoms with E-state index in [0.29, 0.717) is 6.04 Å². The van der Waals surface area contributed by atoms with Crippen LogP contribution in [0, 0.1) is 0 Å². The van der Waals surface area contributed by atoms with Crippen LogP contribution in [0.1, 0.15) is 31.7 Å². The Morgan fingerprint density at radius 3 is 2.42 bits per heavy atom. The fourth-order valence-corrected chi connectivity index (χ4v) is 2.75. The molecule has 2 aromatic rings. The zero-order chi connectivity index (χ0) is 13.7. The van der Waals surface area contributed by atoms with Crippen LogP contribution in [-0.2, 0) is 0 Å². The monoisotopic (exact) mass is 275 g/mol. The Bertz CT molecular complexity index is 475. The highest BCUT2D eigenvalue weighted by molar-refractivity contribution is 7.09. The van der Waals surface area contributed by atoms with Crippen LogP contribution in [0.2, 0.25) is 0 Å². The van der Waals surface area contributed by atoms with Gasteiger partial charge in [-0.05, 0) is 45.0 Å². The first kappa shape index (κ1) is 13.9. The van der Waals surface area contributed by atoms with Crippen molar-refractivity contribution in [3.63, 3.8) is 0 Å². The Balaban J connectivity index is 2.02. The molecule has 1 aromatic heterocycles. The molecule has 0 saturated carbocycles. The number of nitrogens with zero attached hydrogens (tertiary/aromatic N) is 2. The van der Waals surface area contributed by atoms with Crippen molar-refractivity contribution in [2.75, 3.05) is 23.3 Å². The van der Waals surface area contributed by atoms with Gasteiger partial charge in [-0.15, -0.1) is 11.3 Å². The summed E-state index contributed by atoms with van der Waals surface area (Å²) in [6.45, 7) is 8.61. The molecule has 0 aliphatic heterocycles. The zero-order valence-electron chi connectivity index (χ0n) is 11.8. The van der Waals surface area contributed by atoms with Gasteiger partial charge >= 0.3 is 0 Å². The number of aromatic nitrogens is 1. The standard InChI is InChI=1S/C15H21N3S/c1-4-18(5-2)14-8-6-13(7-9-14)17-12(3)15-10-16-11-19-15/h6-12,17H,4-5H2,1-3H3. The van der Waals surface area contributed by atoms with Crippen LogP contribution in [0.25, 0.3) is 0 Å². The highest BCUT2D eigenvalue weighted by Gasteiger charge is 2.07. The van der Waals surface area contributed by atoms with Gasteiger partial charge in [-0.2, -0.15) is 0 Å². The average Bonchev–Trinajstić information content (AvgIpc) is 2.96. The fraction of sp³-hybridized carbons (Fsp3) is 0.400. The van der Waals surface area contributed by atoms with E-state index in [1.165, 1.54) is 10.6 Å². The molecule has 0 spiro atoms. The summed E-state index contributed by atoms with van der Waals surface area (Å²) in [5.74, 6) is 0. The summed E-state index contributed by atoms with van der Waals surface area (Å²) in [6.07, 6.45) is 1.92. The predicted molar refractivity (Wildman–Crippen MR) is 84.2 cm³/mol. The second kappa shape index (κ2) is 6.57. The minimum absolute atomic E-state index is 0.298. The summed E-state index contributed by atoms with van der Waals surface area (Å²) in [5.41, 5.74) is 4.30. The molecule has 0 radical (unpaired) electrons. The van der Waals surface area contributed by atoms with Gasteiger partial charge in [0.25, 0.3) is 0 Å². The minimum Gasteiger partial charge on any atom is -0.378 e. The molecule has 19 heavy (non-hydrogen) atoms. The maximum absolute atomic E-state index is 4.12. The van der Waals surface area contributed by atoms with Crippen molar-refractivity contribution in [1.29, 1.82) is 0 Å². The number of nitrogens with one attached hydrogen (secondary N) is 1. The maximum atomic E-state index is 4.12. The average molecular weight is 275 g/mol. The highest BCUT2D eigenvalue weighted by Crippen LogP contribution is 2.23. The molecule has 1 aromatic carbocycles. The van der Waals surface area contributed by atoms with Crippen LogP contribution in [-0.4, -0.2) is 18.1 Å². The number of anilines is 2. The molecule has 4 heteroatoms. The molecule has 1 heterocycles. The fourth-order valence-electron chi connectivity index (χ4n) is 2.12. The molecule has 0 aliphatic rings. The third-order valence-electron chi connectivity index (χ3n) is 3.26. The van der Waals surface area contributed by atoms with Crippen molar-refractivity contribution in [2.24, 2.45) is 0 Å². The van der Waals surface area contributed by atoms with E-state index in [0.717, 1.165) is 18.8 Å². The van der Waals surface area contributed by atoms with E-state index in [4.69, 9.17) is 0 Å². The minimum atomic E-state index is 0.298. The number of benzene rings is 1. The second-order valence-electron chi connectivity index (χ2n) is 4.49. The van der Waals surface area contributed by atoms with E-state index in [9.17, 15) is 0 Å². The molecule has 3 nitrogen and oxygen atoms in total. The van der Waals surface area contributed by atoms with Crippen LogP contribution >= 0.6 is 11.3 Å². The second-order valence-corrected chi connectivity index (χ2v) is 5.41. The lowest BCUT2D eigenvalue weighted by molar-refractivity contribution is 0.865. The number of hydrogen-bond acceptors (Lipinski definition) is 4. The summed E-state index contributed by atoms with van der Waals surface area (Å²) in [6, 6.07) is 8.94. The molecule has 0 amide bonds. The first-order valence-electron chi connectivity index (χ1n) is 6.74. The van der Waals surface area contributed by atoms with E-state index >= 15 is 0 Å². The van der Waals surface area contributed by atoms with Gasteiger partial charge in [0.15, 0.2) is 0 Å². The van der Waals surface area contributed by atoms with Gasteiger partial charge in [-0.3, -0.25) is 4.98 Å². The van der Waals surface area contributed by atoms with Gasteiger partial charge in [0.05, 0.1) is 11.6 Å². The van der Waals surface area contributed by atoms with Gasteiger partial charge in [-0.25, -0.2) is 0 Å². The van der Waals surface area contributed by atoms with E-state index in [-0.39, 0.29) is 0 Å². The lowest BCUT2D eigenvalue weighted by atomic mass is 10.2. The Hall–Kier alpha value is -1.55. The topological polar surface area (TPSA) is 28.2 Å². The van der Waals surface area contributed by atoms with Crippen LogP contribution < -0.4 is 10.2 Å². The normalized spacial score (nSPS) is 12.2. The molecule has 102 valence electrons. The Morgan fingerprint density at radius 2 is 1.89 bits per heavy atom. The van der Waals surface area contributed by atoms with Crippen LogP contribution in [0.4, 0.5) is 11.4 Å². The van der Waals surface area contributed by atoms with E-state index in [2.05, 4.69) is 60.2 Å². The van der Waals surface area contributed by atoms with E-state index in [1.54, 1.807) is 11.3 Å². The molecule has 0 saturated heterocycles. The first-order chi connectivity index (χ1) is 9.24. The Kier molecular flexibility index (Phi) is 4.80. The van der Waals surface area contributed by atoms with Gasteiger partial charge in [0.1, 0.15) is 0 Å². The number of hydrogen-bond donors (Lipinski definition) is 1. The lowest BCUT2D eigenvalue weighted by Crippen LogP contribution is -2.21. The SMILES string of the molecule is CCN(CC)c1ccc(NC(C)c2cncs2)cc1. The summed E-state index contributed by atoms with van der Waals surface area (Å²) >= 11 is 1.68. The first-order valence-corrected chi connectivity index (χ1v) is 7.62. The molecule has 0 aliphatic carbocycles. The highest BCUT2D eigenvalue weighted by atomic mass is 32.1. The van der Waals surface area contributed by atoms with Crippen molar-refractivity contribution in [2.45, 2.75) is 26.8 Å². The van der Waals surface area contributed by atoms with Gasteiger partial charge < -0.3 is 10.2 Å². The van der Waals surface area contributed by atoms with Gasteiger partial charge in [0, 0.05) is 35.5 Å². The Labute approximate surface area is 119 Å². The molecular weight excluding hydrogens is 254 g/mol. The van der Waals surface area contributed by atoms with Crippen LogP contribution in [0.5, 0.6) is 0 Å².